The molecule has 0 bridgehead atoms. The molecule has 94 valence electrons. The predicted molar refractivity (Wildman–Crippen MR) is 70.2 cm³/mol. The van der Waals surface area contributed by atoms with Crippen molar-refractivity contribution in [2.75, 3.05) is 11.9 Å². The summed E-state index contributed by atoms with van der Waals surface area (Å²) in [6, 6.07) is 1.51. The summed E-state index contributed by atoms with van der Waals surface area (Å²) in [7, 11) is 1.85. The Morgan fingerprint density at radius 3 is 2.94 bits per heavy atom. The SMILES string of the molecule is Cc1ncsc1CN(C)c1cnccc1C(=O)O. The molecule has 2 aromatic heterocycles. The second-order valence-corrected chi connectivity index (χ2v) is 4.85. The second kappa shape index (κ2) is 5.14. The van der Waals surface area contributed by atoms with E-state index in [1.807, 2.05) is 18.9 Å². The summed E-state index contributed by atoms with van der Waals surface area (Å²) in [6.45, 7) is 2.57. The minimum Gasteiger partial charge on any atom is -0.478 e. The van der Waals surface area contributed by atoms with Crippen LogP contribution in [0.1, 0.15) is 20.9 Å². The lowest BCUT2D eigenvalue weighted by molar-refractivity contribution is 0.0697. The van der Waals surface area contributed by atoms with Gasteiger partial charge in [-0.15, -0.1) is 11.3 Å². The number of rotatable bonds is 4. The molecule has 0 aromatic carbocycles. The van der Waals surface area contributed by atoms with Gasteiger partial charge in [0.05, 0.1) is 35.2 Å². The number of pyridine rings is 1. The van der Waals surface area contributed by atoms with Crippen LogP contribution < -0.4 is 4.90 Å². The first kappa shape index (κ1) is 12.5. The number of aromatic nitrogens is 2. The monoisotopic (exact) mass is 263 g/mol. The van der Waals surface area contributed by atoms with Crippen molar-refractivity contribution in [2.45, 2.75) is 13.5 Å². The fourth-order valence-corrected chi connectivity index (χ4v) is 2.48. The molecule has 2 rings (SSSR count). The molecule has 2 aromatic rings. The van der Waals surface area contributed by atoms with E-state index in [-0.39, 0.29) is 5.56 Å². The highest BCUT2D eigenvalue weighted by Crippen LogP contribution is 2.22. The highest BCUT2D eigenvalue weighted by molar-refractivity contribution is 7.09. The van der Waals surface area contributed by atoms with Gasteiger partial charge in [0, 0.05) is 18.1 Å². The Morgan fingerprint density at radius 1 is 1.56 bits per heavy atom. The highest BCUT2D eigenvalue weighted by atomic mass is 32.1. The van der Waals surface area contributed by atoms with E-state index >= 15 is 0 Å². The van der Waals surface area contributed by atoms with Gasteiger partial charge >= 0.3 is 5.97 Å². The van der Waals surface area contributed by atoms with E-state index in [0.717, 1.165) is 10.6 Å². The van der Waals surface area contributed by atoms with Crippen molar-refractivity contribution in [3.63, 3.8) is 0 Å². The standard InChI is InChI=1S/C12H13N3O2S/c1-8-11(18-7-14-8)6-15(2)10-5-13-4-3-9(10)12(16)17/h3-5,7H,6H2,1-2H3,(H,16,17). The summed E-state index contributed by atoms with van der Waals surface area (Å²) < 4.78 is 0. The number of nitrogens with zero attached hydrogens (tertiary/aromatic N) is 3. The molecule has 0 aliphatic rings. The van der Waals surface area contributed by atoms with Gasteiger partial charge in [0.2, 0.25) is 0 Å². The molecular weight excluding hydrogens is 250 g/mol. The molecule has 2 heterocycles. The molecule has 0 saturated heterocycles. The van der Waals surface area contributed by atoms with Gasteiger partial charge in [0.15, 0.2) is 0 Å². The van der Waals surface area contributed by atoms with Crippen LogP contribution in [0.15, 0.2) is 24.0 Å². The third-order valence-corrected chi connectivity index (χ3v) is 3.59. The molecule has 5 nitrogen and oxygen atoms in total. The van der Waals surface area contributed by atoms with Gasteiger partial charge in [-0.1, -0.05) is 0 Å². The van der Waals surface area contributed by atoms with Crippen molar-refractivity contribution in [1.82, 2.24) is 9.97 Å². The fraction of sp³-hybridized carbons (Fsp3) is 0.250. The third kappa shape index (κ3) is 2.48. The Hall–Kier alpha value is -1.95. The van der Waals surface area contributed by atoms with Gasteiger partial charge in [-0.05, 0) is 13.0 Å². The number of carboxylic acid groups (broad SMARTS) is 1. The Balaban J connectivity index is 2.26. The van der Waals surface area contributed by atoms with Crippen LogP contribution >= 0.6 is 11.3 Å². The maximum atomic E-state index is 11.1. The van der Waals surface area contributed by atoms with Crippen molar-refractivity contribution in [3.8, 4) is 0 Å². The molecule has 0 atom stereocenters. The van der Waals surface area contributed by atoms with Gasteiger partial charge in [-0.2, -0.15) is 0 Å². The van der Waals surface area contributed by atoms with E-state index in [1.54, 1.807) is 23.0 Å². The molecule has 0 spiro atoms. The van der Waals surface area contributed by atoms with E-state index in [0.29, 0.717) is 12.2 Å². The molecule has 0 aliphatic heterocycles. The van der Waals surface area contributed by atoms with Gasteiger partial charge in [-0.3, -0.25) is 4.98 Å². The molecule has 0 unspecified atom stereocenters. The number of carbonyl (C=O) groups is 1. The van der Waals surface area contributed by atoms with Crippen LogP contribution in [0.5, 0.6) is 0 Å². The van der Waals surface area contributed by atoms with Crippen LogP contribution in [-0.2, 0) is 6.54 Å². The first-order valence-corrected chi connectivity index (χ1v) is 6.25. The number of carboxylic acids is 1. The summed E-state index contributed by atoms with van der Waals surface area (Å²) in [5.41, 5.74) is 3.64. The van der Waals surface area contributed by atoms with Crippen LogP contribution in [0.4, 0.5) is 5.69 Å². The minimum absolute atomic E-state index is 0.259. The summed E-state index contributed by atoms with van der Waals surface area (Å²) >= 11 is 1.57. The Labute approximate surface area is 109 Å². The van der Waals surface area contributed by atoms with Crippen molar-refractivity contribution in [1.29, 1.82) is 0 Å². The number of aromatic carboxylic acids is 1. The summed E-state index contributed by atoms with van der Waals surface area (Å²) in [5.74, 6) is -0.944. The zero-order chi connectivity index (χ0) is 13.1. The first-order valence-electron chi connectivity index (χ1n) is 5.37. The van der Waals surface area contributed by atoms with Gasteiger partial charge in [-0.25, -0.2) is 9.78 Å². The summed E-state index contributed by atoms with van der Waals surface area (Å²) in [4.78, 5) is 22.3. The molecule has 1 N–H and O–H groups in total. The number of hydrogen-bond donors (Lipinski definition) is 1. The maximum absolute atomic E-state index is 11.1. The van der Waals surface area contributed by atoms with Crippen LogP contribution in [-0.4, -0.2) is 28.1 Å². The lowest BCUT2D eigenvalue weighted by atomic mass is 10.2. The average Bonchev–Trinajstić information content (AvgIpc) is 2.75. The minimum atomic E-state index is -0.944. The highest BCUT2D eigenvalue weighted by Gasteiger charge is 2.14. The van der Waals surface area contributed by atoms with Crippen molar-refractivity contribution < 1.29 is 9.90 Å². The molecule has 0 radical (unpaired) electrons. The fourth-order valence-electron chi connectivity index (χ4n) is 1.65. The summed E-state index contributed by atoms with van der Waals surface area (Å²) in [5, 5.41) is 9.13. The van der Waals surface area contributed by atoms with E-state index in [2.05, 4.69) is 9.97 Å². The van der Waals surface area contributed by atoms with Crippen molar-refractivity contribution >= 4 is 23.0 Å². The van der Waals surface area contributed by atoms with Crippen LogP contribution in [0, 0.1) is 6.92 Å². The third-order valence-electron chi connectivity index (χ3n) is 2.67. The van der Waals surface area contributed by atoms with Gasteiger partial charge in [0.25, 0.3) is 0 Å². The first-order chi connectivity index (χ1) is 8.59. The van der Waals surface area contributed by atoms with Crippen LogP contribution in [0.2, 0.25) is 0 Å². The van der Waals surface area contributed by atoms with Gasteiger partial charge < -0.3 is 10.0 Å². The molecule has 6 heteroatoms. The lowest BCUT2D eigenvalue weighted by Gasteiger charge is -2.20. The Kier molecular flexibility index (Phi) is 3.57. The quantitative estimate of drug-likeness (QED) is 0.915. The number of anilines is 1. The maximum Gasteiger partial charge on any atom is 0.337 e. The molecule has 0 aliphatic carbocycles. The molecule has 0 amide bonds. The Bertz CT molecular complexity index is 568. The smallest absolute Gasteiger partial charge is 0.337 e. The van der Waals surface area contributed by atoms with Crippen molar-refractivity contribution in [3.05, 3.63) is 40.1 Å². The molecular formula is C12H13N3O2S. The van der Waals surface area contributed by atoms with E-state index in [9.17, 15) is 4.79 Å². The molecule has 0 fully saturated rings. The average molecular weight is 263 g/mol. The Morgan fingerprint density at radius 2 is 2.33 bits per heavy atom. The topological polar surface area (TPSA) is 66.3 Å². The van der Waals surface area contributed by atoms with Crippen LogP contribution in [0.25, 0.3) is 0 Å². The number of thiazole rings is 1. The molecule has 18 heavy (non-hydrogen) atoms. The van der Waals surface area contributed by atoms with E-state index < -0.39 is 5.97 Å². The zero-order valence-corrected chi connectivity index (χ0v) is 10.9. The summed E-state index contributed by atoms with van der Waals surface area (Å²) in [6.07, 6.45) is 3.05. The molecule has 0 saturated carbocycles. The largest absolute Gasteiger partial charge is 0.478 e. The number of aryl methyl sites for hydroxylation is 1. The van der Waals surface area contributed by atoms with E-state index in [4.69, 9.17) is 5.11 Å². The number of hydrogen-bond acceptors (Lipinski definition) is 5. The predicted octanol–water partition coefficient (Wildman–Crippen LogP) is 2.18. The zero-order valence-electron chi connectivity index (χ0n) is 10.1. The van der Waals surface area contributed by atoms with Crippen LogP contribution in [0.3, 0.4) is 0 Å². The van der Waals surface area contributed by atoms with E-state index in [1.165, 1.54) is 12.3 Å². The second-order valence-electron chi connectivity index (χ2n) is 3.91. The normalized spacial score (nSPS) is 10.3. The van der Waals surface area contributed by atoms with Crippen molar-refractivity contribution in [2.24, 2.45) is 0 Å². The van der Waals surface area contributed by atoms with Gasteiger partial charge in [0.1, 0.15) is 0 Å². The lowest BCUT2D eigenvalue weighted by Crippen LogP contribution is -2.19.